The first kappa shape index (κ1) is 33.0. The van der Waals surface area contributed by atoms with Crippen LogP contribution in [0.5, 0.6) is 0 Å². The van der Waals surface area contributed by atoms with E-state index in [1.807, 2.05) is 4.90 Å². The number of alkyl halides is 2. The number of aromatic nitrogens is 2. The maximum absolute atomic E-state index is 16.0. The van der Waals surface area contributed by atoms with Crippen molar-refractivity contribution < 1.29 is 31.4 Å². The molecule has 6 heterocycles. The number of hydrogen-bond acceptors (Lipinski definition) is 10. The summed E-state index contributed by atoms with van der Waals surface area (Å²) in [4.78, 5) is 14.7. The third kappa shape index (κ3) is 6.85. The molecule has 2 aromatic rings. The Labute approximate surface area is 268 Å². The van der Waals surface area contributed by atoms with E-state index in [-0.39, 0.29) is 30.2 Å². The highest BCUT2D eigenvalue weighted by molar-refractivity contribution is 7.91. The molecule has 0 amide bonds. The summed E-state index contributed by atoms with van der Waals surface area (Å²) in [5, 5.41) is 14.8. The van der Waals surface area contributed by atoms with Gasteiger partial charge in [-0.3, -0.25) is 0 Å². The predicted octanol–water partition coefficient (Wildman–Crippen LogP) is 4.00. The first-order valence-electron chi connectivity index (χ1n) is 16.2. The number of nitrogens with zero attached hydrogens (tertiary/aromatic N) is 5. The third-order valence-electron chi connectivity index (χ3n) is 9.70. The Balaban J connectivity index is 1.35. The van der Waals surface area contributed by atoms with Gasteiger partial charge >= 0.3 is 0 Å². The molecule has 7 rings (SSSR count). The van der Waals surface area contributed by atoms with E-state index in [1.54, 1.807) is 17.9 Å². The zero-order chi connectivity index (χ0) is 32.5. The van der Waals surface area contributed by atoms with Crippen molar-refractivity contribution in [3.63, 3.8) is 0 Å². The van der Waals surface area contributed by atoms with Gasteiger partial charge in [-0.05, 0) is 64.7 Å². The normalized spacial score (nSPS) is 28.8. The second-order valence-corrected chi connectivity index (χ2v) is 15.0. The molecule has 2 N–H and O–H groups in total. The van der Waals surface area contributed by atoms with Gasteiger partial charge in [0.05, 0.1) is 34.4 Å². The highest BCUT2D eigenvalue weighted by Gasteiger charge is 2.45. The van der Waals surface area contributed by atoms with Crippen LogP contribution in [-0.2, 0) is 20.5 Å². The molecule has 10 nitrogen and oxygen atoms in total. The number of hydrogen-bond donors (Lipinski definition) is 2. The van der Waals surface area contributed by atoms with E-state index in [1.165, 1.54) is 24.5 Å². The van der Waals surface area contributed by atoms with E-state index in [9.17, 15) is 13.5 Å². The highest BCUT2D eigenvalue weighted by atomic mass is 32.2. The second kappa shape index (κ2) is 13.7. The highest BCUT2D eigenvalue weighted by Crippen LogP contribution is 2.44. The number of rotatable bonds is 1. The molecule has 2 fully saturated rings. The monoisotopic (exact) mass is 664 g/mol. The van der Waals surface area contributed by atoms with Crippen LogP contribution in [0.2, 0.25) is 0 Å². The van der Waals surface area contributed by atoms with Crippen molar-refractivity contribution in [2.24, 2.45) is 5.92 Å². The number of aliphatic hydroxyl groups is 1. The Bertz CT molecular complexity index is 1520. The maximum Gasteiger partial charge on any atom is 0.278 e. The number of nitrogens with one attached hydrogen (secondary N) is 1. The smallest absolute Gasteiger partial charge is 0.278 e. The molecule has 0 spiro atoms. The lowest BCUT2D eigenvalue weighted by molar-refractivity contribution is -0.0880. The van der Waals surface area contributed by atoms with Crippen molar-refractivity contribution in [3.8, 4) is 0 Å². The summed E-state index contributed by atoms with van der Waals surface area (Å²) in [5.74, 6) is -4.44. The Morgan fingerprint density at radius 3 is 2.50 bits per heavy atom. The molecule has 252 valence electrons. The molecule has 0 saturated carbocycles. The molecule has 1 aromatic heterocycles. The zero-order valence-electron chi connectivity index (χ0n) is 26.2. The third-order valence-corrected chi connectivity index (χ3v) is 11.3. The van der Waals surface area contributed by atoms with Crippen molar-refractivity contribution in [2.45, 2.75) is 57.2 Å². The Morgan fingerprint density at radius 1 is 1.00 bits per heavy atom. The molecular formula is C32H43F3N6O4S. The number of halogens is 3. The van der Waals surface area contributed by atoms with Gasteiger partial charge in [0.2, 0.25) is 0 Å². The molecule has 0 aliphatic carbocycles. The number of ether oxygens (including phenoxy) is 1. The van der Waals surface area contributed by atoms with E-state index < -0.39 is 45.3 Å². The summed E-state index contributed by atoms with van der Waals surface area (Å²) < 4.78 is 78.0. The molecule has 2 saturated heterocycles. The van der Waals surface area contributed by atoms with E-state index >= 15 is 13.2 Å². The quantitative estimate of drug-likeness (QED) is 0.464. The zero-order valence-corrected chi connectivity index (χ0v) is 27.0. The molecule has 1 aromatic carbocycles. The van der Waals surface area contributed by atoms with Gasteiger partial charge in [-0.1, -0.05) is 18.2 Å². The summed E-state index contributed by atoms with van der Waals surface area (Å²) in [6.45, 7) is 5.53. The van der Waals surface area contributed by atoms with Gasteiger partial charge < -0.3 is 29.9 Å². The Kier molecular flexibility index (Phi) is 9.79. The standard InChI is InChI=1S/C32H43F3N6O4S/c1-22-24-6-4-7-26(28(24)33)32(34,35)23-8-12-39(13-9-23)10-2-3-16-45-17-5-11-41-30-25(29(38-22)36-21-37-30)20-27(31(41)42)40-14-18-46(43,44)19-15-40/h4,6-7,20-23,31,42H,2-3,5,8-19H2,1H3,(H,36,37,38)/t22-,31?/m1/s1. The summed E-state index contributed by atoms with van der Waals surface area (Å²) in [6.07, 6.45) is 4.95. The van der Waals surface area contributed by atoms with Crippen molar-refractivity contribution in [2.75, 3.05) is 74.2 Å². The van der Waals surface area contributed by atoms with Gasteiger partial charge in [0.15, 0.2) is 16.1 Å². The van der Waals surface area contributed by atoms with Crippen molar-refractivity contribution in [3.05, 3.63) is 52.7 Å². The fourth-order valence-corrected chi connectivity index (χ4v) is 8.16. The van der Waals surface area contributed by atoms with E-state index in [0.717, 1.165) is 19.4 Å². The first-order valence-corrected chi connectivity index (χ1v) is 18.1. The fraction of sp³-hybridized carbons (Fsp3) is 0.625. The number of piperidine rings is 1. The van der Waals surface area contributed by atoms with Gasteiger partial charge in [0.1, 0.15) is 23.8 Å². The second-order valence-electron chi connectivity index (χ2n) is 12.7. The average Bonchev–Trinajstić information content (AvgIpc) is 3.03. The van der Waals surface area contributed by atoms with Crippen LogP contribution in [0.1, 0.15) is 61.8 Å². The number of aliphatic hydroxyl groups excluding tert-OH is 1. The molecule has 46 heavy (non-hydrogen) atoms. The minimum Gasteiger partial charge on any atom is -0.381 e. The van der Waals surface area contributed by atoms with Crippen LogP contribution in [0, 0.1) is 11.7 Å². The van der Waals surface area contributed by atoms with E-state index in [0.29, 0.717) is 75.0 Å². The topological polar surface area (TPSA) is 111 Å². The van der Waals surface area contributed by atoms with Gasteiger partial charge in [0, 0.05) is 44.3 Å². The summed E-state index contributed by atoms with van der Waals surface area (Å²) in [7, 11) is -3.16. The SMILES string of the molecule is C[C@H]1Nc2ncnc3c2C=C(N2CCS(=O)(=O)CC2)C(O)N3CCCOCCCCN2CCC(CC2)C(F)(F)c2cccc1c2F. The predicted molar refractivity (Wildman–Crippen MR) is 170 cm³/mol. The number of fused-ring (bicyclic) bond motifs is 10. The van der Waals surface area contributed by atoms with Crippen LogP contribution in [-0.4, -0.2) is 104 Å². The lowest BCUT2D eigenvalue weighted by Gasteiger charge is -2.41. The van der Waals surface area contributed by atoms with E-state index in [4.69, 9.17) is 4.74 Å². The van der Waals surface area contributed by atoms with Crippen LogP contribution in [0.25, 0.3) is 6.08 Å². The lowest BCUT2D eigenvalue weighted by Crippen LogP contribution is -2.49. The van der Waals surface area contributed by atoms with Crippen molar-refractivity contribution in [1.82, 2.24) is 19.8 Å². The van der Waals surface area contributed by atoms with Gasteiger partial charge in [-0.2, -0.15) is 0 Å². The molecule has 14 heteroatoms. The molecular weight excluding hydrogens is 621 g/mol. The van der Waals surface area contributed by atoms with Crippen LogP contribution in [0.15, 0.2) is 30.2 Å². The molecule has 8 bridgehead atoms. The molecule has 5 aliphatic heterocycles. The minimum atomic E-state index is -3.32. The van der Waals surface area contributed by atoms with Crippen molar-refractivity contribution in [1.29, 1.82) is 0 Å². The van der Waals surface area contributed by atoms with Crippen molar-refractivity contribution >= 4 is 27.5 Å². The van der Waals surface area contributed by atoms with Crippen LogP contribution >= 0.6 is 0 Å². The molecule has 5 aliphatic rings. The number of sulfone groups is 1. The average molecular weight is 665 g/mol. The fourth-order valence-electron chi connectivity index (χ4n) is 6.96. The van der Waals surface area contributed by atoms with Crippen LogP contribution in [0.3, 0.4) is 0 Å². The van der Waals surface area contributed by atoms with Crippen LogP contribution in [0.4, 0.5) is 24.8 Å². The van der Waals surface area contributed by atoms with Gasteiger partial charge in [0.25, 0.3) is 5.92 Å². The van der Waals surface area contributed by atoms with Gasteiger partial charge in [-0.25, -0.2) is 31.6 Å². The van der Waals surface area contributed by atoms with Gasteiger partial charge in [-0.15, -0.1) is 0 Å². The number of anilines is 2. The van der Waals surface area contributed by atoms with Crippen LogP contribution < -0.4 is 10.2 Å². The summed E-state index contributed by atoms with van der Waals surface area (Å²) in [6, 6.07) is 3.44. The van der Waals surface area contributed by atoms with E-state index in [2.05, 4.69) is 20.2 Å². The number of benzene rings is 1. The lowest BCUT2D eigenvalue weighted by atomic mass is 9.85. The molecule has 0 radical (unpaired) electrons. The first-order chi connectivity index (χ1) is 22.0. The summed E-state index contributed by atoms with van der Waals surface area (Å²) in [5.41, 5.74) is 0.568. The summed E-state index contributed by atoms with van der Waals surface area (Å²) >= 11 is 0. The minimum absolute atomic E-state index is 0.0238. The molecule has 1 unspecified atom stereocenters. The maximum atomic E-state index is 16.0. The largest absolute Gasteiger partial charge is 0.381 e. The molecule has 2 atom stereocenters. The Morgan fingerprint density at radius 2 is 1.74 bits per heavy atom. The Hall–Kier alpha value is -2.94.